The largest absolute Gasteiger partial charge is 0.378 e. The molecule has 1 amide bonds. The first-order valence-electron chi connectivity index (χ1n) is 11.7. The van der Waals surface area contributed by atoms with E-state index in [0.717, 1.165) is 65.4 Å². The van der Waals surface area contributed by atoms with E-state index in [4.69, 9.17) is 15.5 Å². The van der Waals surface area contributed by atoms with Crippen molar-refractivity contribution in [3.05, 3.63) is 46.6 Å². The number of benzene rings is 1. The molecule has 2 aliphatic carbocycles. The molecule has 3 heterocycles. The average Bonchev–Trinajstić information content (AvgIpc) is 3.56. The van der Waals surface area contributed by atoms with E-state index in [1.165, 1.54) is 5.69 Å². The van der Waals surface area contributed by atoms with Gasteiger partial charge in [-0.2, -0.15) is 0 Å². The molecule has 2 fully saturated rings. The summed E-state index contributed by atoms with van der Waals surface area (Å²) in [5, 5.41) is 3.61. The fourth-order valence-corrected chi connectivity index (χ4v) is 6.11. The lowest BCUT2D eigenvalue weighted by molar-refractivity contribution is -0.122. The number of nitrogens with zero attached hydrogens (tertiary/aromatic N) is 3. The van der Waals surface area contributed by atoms with Crippen molar-refractivity contribution in [3.63, 3.8) is 0 Å². The summed E-state index contributed by atoms with van der Waals surface area (Å²) in [6.45, 7) is 5.43. The van der Waals surface area contributed by atoms with E-state index in [0.29, 0.717) is 5.65 Å². The van der Waals surface area contributed by atoms with Crippen molar-refractivity contribution in [2.45, 2.75) is 19.4 Å². The van der Waals surface area contributed by atoms with Crippen LogP contribution in [0.3, 0.4) is 0 Å². The van der Waals surface area contributed by atoms with Gasteiger partial charge in [-0.3, -0.25) is 4.79 Å². The van der Waals surface area contributed by atoms with E-state index in [1.54, 1.807) is 6.20 Å². The number of imidazole rings is 1. The van der Waals surface area contributed by atoms with Gasteiger partial charge in [-0.05, 0) is 64.9 Å². The Morgan fingerprint density at radius 3 is 2.82 bits per heavy atom. The third-order valence-electron chi connectivity index (χ3n) is 7.41. The van der Waals surface area contributed by atoms with Gasteiger partial charge < -0.3 is 25.7 Å². The molecule has 2 bridgehead atoms. The summed E-state index contributed by atoms with van der Waals surface area (Å²) < 4.78 is 6.29. The summed E-state index contributed by atoms with van der Waals surface area (Å²) in [7, 11) is 0. The van der Waals surface area contributed by atoms with Crippen molar-refractivity contribution in [2.75, 3.05) is 36.5 Å². The topological polar surface area (TPSA) is 109 Å². The van der Waals surface area contributed by atoms with Gasteiger partial charge in [-0.25, -0.2) is 9.97 Å². The van der Waals surface area contributed by atoms with Gasteiger partial charge in [0.15, 0.2) is 5.65 Å². The van der Waals surface area contributed by atoms with Crippen molar-refractivity contribution in [1.29, 1.82) is 0 Å². The molecule has 0 radical (unpaired) electrons. The fourth-order valence-electron chi connectivity index (χ4n) is 5.70. The third kappa shape index (κ3) is 3.58. The molecule has 2 aromatic heterocycles. The van der Waals surface area contributed by atoms with Gasteiger partial charge in [0, 0.05) is 36.6 Å². The zero-order valence-corrected chi connectivity index (χ0v) is 20.5. The highest BCUT2D eigenvalue weighted by Crippen LogP contribution is 2.46. The quantitative estimate of drug-likeness (QED) is 0.441. The van der Waals surface area contributed by atoms with Crippen molar-refractivity contribution in [1.82, 2.24) is 15.0 Å². The van der Waals surface area contributed by atoms with Crippen LogP contribution >= 0.6 is 15.9 Å². The van der Waals surface area contributed by atoms with E-state index in [1.807, 2.05) is 0 Å². The number of ether oxygens (including phenoxy) is 1. The number of pyridine rings is 1. The molecule has 3 aliphatic rings. The van der Waals surface area contributed by atoms with Crippen molar-refractivity contribution < 1.29 is 9.53 Å². The van der Waals surface area contributed by atoms with Crippen LogP contribution in [0.15, 0.2) is 41.0 Å². The van der Waals surface area contributed by atoms with Gasteiger partial charge in [-0.15, -0.1) is 0 Å². The number of carbonyl (C=O) groups excluding carboxylic acids is 1. The van der Waals surface area contributed by atoms with Crippen LogP contribution in [0.1, 0.15) is 12.0 Å². The molecule has 3 aromatic rings. The summed E-state index contributed by atoms with van der Waals surface area (Å²) in [5.41, 5.74) is 11.4. The molecule has 4 N–H and O–H groups in total. The fraction of sp³-hybridized carbons (Fsp3) is 0.400. The van der Waals surface area contributed by atoms with E-state index >= 15 is 0 Å². The Morgan fingerprint density at radius 2 is 2.06 bits per heavy atom. The monoisotopic (exact) mass is 522 g/mol. The second-order valence-corrected chi connectivity index (χ2v) is 10.3. The number of nitrogens with two attached hydrogens (primary N) is 1. The summed E-state index contributed by atoms with van der Waals surface area (Å²) in [6.07, 6.45) is 7.05. The van der Waals surface area contributed by atoms with E-state index < -0.39 is 0 Å². The van der Waals surface area contributed by atoms with Crippen LogP contribution in [-0.2, 0) is 9.53 Å². The summed E-state index contributed by atoms with van der Waals surface area (Å²) >= 11 is 3.64. The standard InChI is InChI=1S/C25H27BrN6O2/c1-13-10-16(32-6-8-34-9-7-32)4-5-17(13)24-30-22-21(18(26)12-28-25(22)31-24)29-20-15-3-2-14(11-15)19(20)23(27)33/h2-5,10,12,14-15,19-20H,6-9,11H2,1H3,(H2,27,33)(H2,28,29,30,31)/t14-,15+,19+,20-/m1/s1. The Balaban J connectivity index is 1.34. The molecule has 0 spiro atoms. The zero-order chi connectivity index (χ0) is 23.4. The van der Waals surface area contributed by atoms with Gasteiger partial charge in [0.05, 0.1) is 29.3 Å². The number of morpholine rings is 1. The first-order chi connectivity index (χ1) is 16.5. The number of rotatable bonds is 5. The summed E-state index contributed by atoms with van der Waals surface area (Å²) in [6, 6.07) is 6.41. The average molecular weight is 523 g/mol. The molecule has 9 heteroatoms. The number of fused-ring (bicyclic) bond motifs is 3. The molecule has 176 valence electrons. The van der Waals surface area contributed by atoms with Gasteiger partial charge >= 0.3 is 0 Å². The zero-order valence-electron chi connectivity index (χ0n) is 18.9. The minimum absolute atomic E-state index is 0.0518. The lowest BCUT2D eigenvalue weighted by Crippen LogP contribution is -2.41. The molecule has 8 nitrogen and oxygen atoms in total. The normalized spacial score (nSPS) is 25.9. The highest BCUT2D eigenvalue weighted by atomic mass is 79.9. The predicted molar refractivity (Wildman–Crippen MR) is 136 cm³/mol. The Morgan fingerprint density at radius 1 is 1.26 bits per heavy atom. The van der Waals surface area contributed by atoms with Crippen LogP contribution in [0.25, 0.3) is 22.6 Å². The molecule has 1 saturated carbocycles. The maximum atomic E-state index is 12.2. The Labute approximate surface area is 206 Å². The second-order valence-electron chi connectivity index (χ2n) is 9.41. The lowest BCUT2D eigenvalue weighted by Gasteiger charge is -2.29. The number of amides is 1. The lowest BCUT2D eigenvalue weighted by atomic mass is 9.88. The van der Waals surface area contributed by atoms with E-state index in [9.17, 15) is 4.79 Å². The first-order valence-corrected chi connectivity index (χ1v) is 12.5. The molecule has 34 heavy (non-hydrogen) atoms. The highest BCUT2D eigenvalue weighted by Gasteiger charge is 2.47. The molecule has 1 aromatic carbocycles. The molecular weight excluding hydrogens is 496 g/mol. The number of carbonyl (C=O) groups is 1. The molecule has 1 saturated heterocycles. The van der Waals surface area contributed by atoms with Crippen LogP contribution in [0.4, 0.5) is 11.4 Å². The minimum atomic E-state index is -0.255. The SMILES string of the molecule is Cc1cc(N2CCOCC2)ccc1-c1nc2c(N[C@H]3[C@@H](C(N)=O)[C@@H]4C=C[C@H]3C4)c(Br)cnc2[nH]1. The molecule has 1 aliphatic heterocycles. The van der Waals surface area contributed by atoms with Crippen molar-refractivity contribution in [3.8, 4) is 11.4 Å². The molecular formula is C25H27BrN6O2. The minimum Gasteiger partial charge on any atom is -0.378 e. The molecule has 0 unspecified atom stereocenters. The molecule has 4 atom stereocenters. The highest BCUT2D eigenvalue weighted by molar-refractivity contribution is 9.10. The number of anilines is 2. The number of aromatic amines is 1. The Bertz CT molecular complexity index is 1300. The predicted octanol–water partition coefficient (Wildman–Crippen LogP) is 3.62. The maximum Gasteiger partial charge on any atom is 0.223 e. The number of primary amides is 1. The van der Waals surface area contributed by atoms with Crippen LogP contribution < -0.4 is 16.0 Å². The number of aryl methyl sites for hydroxylation is 1. The second kappa shape index (κ2) is 8.39. The van der Waals surface area contributed by atoms with Crippen LogP contribution in [0.2, 0.25) is 0 Å². The summed E-state index contributed by atoms with van der Waals surface area (Å²) in [4.78, 5) is 27.4. The number of aromatic nitrogens is 3. The number of hydrogen-bond donors (Lipinski definition) is 3. The Hall–Kier alpha value is -2.91. The van der Waals surface area contributed by atoms with Crippen molar-refractivity contribution in [2.24, 2.45) is 23.5 Å². The number of allylic oxidation sites excluding steroid dienone is 1. The summed E-state index contributed by atoms with van der Waals surface area (Å²) in [5.74, 6) is 0.784. The van der Waals surface area contributed by atoms with E-state index in [2.05, 4.69) is 73.4 Å². The Kier molecular flexibility index (Phi) is 5.33. The smallest absolute Gasteiger partial charge is 0.223 e. The number of H-pyrrole nitrogens is 1. The first kappa shape index (κ1) is 21.6. The van der Waals surface area contributed by atoms with Crippen LogP contribution in [0.5, 0.6) is 0 Å². The van der Waals surface area contributed by atoms with Gasteiger partial charge in [-0.1, -0.05) is 12.2 Å². The number of nitrogens with one attached hydrogen (secondary N) is 2. The van der Waals surface area contributed by atoms with Gasteiger partial charge in [0.2, 0.25) is 5.91 Å². The van der Waals surface area contributed by atoms with Crippen molar-refractivity contribution >= 4 is 44.4 Å². The number of hydrogen-bond acceptors (Lipinski definition) is 6. The molecule has 6 rings (SSSR count). The maximum absolute atomic E-state index is 12.2. The van der Waals surface area contributed by atoms with Gasteiger partial charge in [0.25, 0.3) is 0 Å². The third-order valence-corrected chi connectivity index (χ3v) is 8.01. The van der Waals surface area contributed by atoms with Crippen LogP contribution in [0, 0.1) is 24.7 Å². The number of halogens is 1. The van der Waals surface area contributed by atoms with E-state index in [-0.39, 0.29) is 29.7 Å². The van der Waals surface area contributed by atoms with Gasteiger partial charge in [0.1, 0.15) is 11.3 Å². The van der Waals surface area contributed by atoms with Crippen LogP contribution in [-0.4, -0.2) is 53.2 Å².